The summed E-state index contributed by atoms with van der Waals surface area (Å²) >= 11 is 0. The summed E-state index contributed by atoms with van der Waals surface area (Å²) in [5.41, 5.74) is 17.5. The maximum Gasteiger partial charge on any atom is 0.0785 e. The predicted molar refractivity (Wildman–Crippen MR) is 298 cm³/mol. The predicted octanol–water partition coefficient (Wildman–Crippen LogP) is 17.4. The fraction of sp³-hybridized carbons (Fsp3) is 0.226. The van der Waals surface area contributed by atoms with E-state index in [2.05, 4.69) is 238 Å². The normalized spacial score (nSPS) is 12.4. The summed E-state index contributed by atoms with van der Waals surface area (Å²) in [6, 6.07) is 52.5. The fourth-order valence-corrected chi connectivity index (χ4v) is 14.3. The maximum absolute atomic E-state index is 2.64. The second kappa shape index (κ2) is 15.7. The molecule has 0 atom stereocenters. The largest absolute Gasteiger partial charge is 0.309 e. The van der Waals surface area contributed by atoms with Gasteiger partial charge in [-0.25, -0.2) is 0 Å². The average molecular weight is 893 g/mol. The maximum atomic E-state index is 2.64. The lowest BCUT2D eigenvalue weighted by Crippen LogP contribution is -2.39. The summed E-state index contributed by atoms with van der Waals surface area (Å²) in [4.78, 5) is 5.27. The van der Waals surface area contributed by atoms with Gasteiger partial charge < -0.3 is 9.80 Å². The molecule has 10 aromatic rings. The van der Waals surface area contributed by atoms with E-state index in [1.165, 1.54) is 143 Å². The quantitative estimate of drug-likeness (QED) is 0.111. The number of anilines is 6. The standard InChI is InChI=1S/C62H64N2Si2/c1-37-15-19-45-21-17-43(7)61(53(45)33-37)63(47-29-39(3)27-40(4)30-47)55-35-57(65(9,10)11)51-26-24-50-56(36-58(66(12,13)14)52-25-23-49(55)59(51)60(50)52)64(48-31-41(5)28-42(6)32-48)62-44(8)18-22-46-20-16-38(2)34-54(46)62/h15-36H,1-14H3. The molecule has 0 amide bonds. The molecule has 0 fully saturated rings. The molecule has 10 rings (SSSR count). The lowest BCUT2D eigenvalue weighted by atomic mass is 9.90. The molecule has 0 unspecified atom stereocenters. The van der Waals surface area contributed by atoms with Crippen molar-refractivity contribution in [1.29, 1.82) is 0 Å². The fourth-order valence-electron chi connectivity index (χ4n) is 11.2. The Hall–Kier alpha value is -6.21. The third-order valence-electron chi connectivity index (χ3n) is 14.0. The van der Waals surface area contributed by atoms with Crippen LogP contribution < -0.4 is 20.2 Å². The Labute approximate surface area is 394 Å². The third kappa shape index (κ3) is 7.30. The highest BCUT2D eigenvalue weighted by Gasteiger charge is 2.32. The van der Waals surface area contributed by atoms with Crippen LogP contribution in [0.2, 0.25) is 39.3 Å². The van der Waals surface area contributed by atoms with Crippen LogP contribution >= 0.6 is 0 Å². The Morgan fingerprint density at radius 1 is 0.303 bits per heavy atom. The van der Waals surface area contributed by atoms with Crippen molar-refractivity contribution < 1.29 is 0 Å². The zero-order chi connectivity index (χ0) is 46.7. The van der Waals surface area contributed by atoms with E-state index in [9.17, 15) is 0 Å². The summed E-state index contributed by atoms with van der Waals surface area (Å²) in [7, 11) is -3.96. The van der Waals surface area contributed by atoms with Gasteiger partial charge in [0.05, 0.1) is 38.9 Å². The number of benzene rings is 10. The lowest BCUT2D eigenvalue weighted by Gasteiger charge is -2.35. The van der Waals surface area contributed by atoms with E-state index in [0.717, 1.165) is 0 Å². The second-order valence-electron chi connectivity index (χ2n) is 21.7. The van der Waals surface area contributed by atoms with Crippen molar-refractivity contribution in [3.63, 3.8) is 0 Å². The van der Waals surface area contributed by atoms with Gasteiger partial charge in [-0.15, -0.1) is 0 Å². The van der Waals surface area contributed by atoms with Crippen LogP contribution in [0.25, 0.3) is 53.9 Å². The van der Waals surface area contributed by atoms with Gasteiger partial charge in [0.25, 0.3) is 0 Å². The van der Waals surface area contributed by atoms with E-state index < -0.39 is 16.1 Å². The Bertz CT molecular complexity index is 3310. The van der Waals surface area contributed by atoms with Gasteiger partial charge in [-0.2, -0.15) is 0 Å². The highest BCUT2D eigenvalue weighted by molar-refractivity contribution is 6.91. The van der Waals surface area contributed by atoms with Crippen LogP contribution in [0, 0.1) is 55.4 Å². The molecule has 4 heteroatoms. The number of hydrogen-bond donors (Lipinski definition) is 0. The molecule has 0 aliphatic heterocycles. The van der Waals surface area contributed by atoms with E-state index in [-0.39, 0.29) is 0 Å². The Morgan fingerprint density at radius 3 is 0.985 bits per heavy atom. The van der Waals surface area contributed by atoms with Crippen LogP contribution in [-0.4, -0.2) is 16.1 Å². The molecule has 0 radical (unpaired) electrons. The summed E-state index contributed by atoms with van der Waals surface area (Å²) in [5, 5.41) is 16.2. The Kier molecular flexibility index (Phi) is 10.4. The van der Waals surface area contributed by atoms with Gasteiger partial charge in [0.1, 0.15) is 0 Å². The third-order valence-corrected chi connectivity index (χ3v) is 18.1. The zero-order valence-corrected chi connectivity index (χ0v) is 43.6. The van der Waals surface area contributed by atoms with Gasteiger partial charge in [0, 0.05) is 32.9 Å². The van der Waals surface area contributed by atoms with Crippen molar-refractivity contribution >= 4 is 115 Å². The van der Waals surface area contributed by atoms with Crippen LogP contribution in [0.3, 0.4) is 0 Å². The van der Waals surface area contributed by atoms with E-state index in [1.54, 1.807) is 0 Å². The first-order valence-electron chi connectivity index (χ1n) is 23.8. The van der Waals surface area contributed by atoms with E-state index in [1.807, 2.05) is 0 Å². The highest BCUT2D eigenvalue weighted by Crippen LogP contribution is 2.51. The van der Waals surface area contributed by atoms with Crippen molar-refractivity contribution in [2.24, 2.45) is 0 Å². The molecular weight excluding hydrogens is 829 g/mol. The molecule has 0 N–H and O–H groups in total. The molecular formula is C62H64N2Si2. The van der Waals surface area contributed by atoms with E-state index in [0.29, 0.717) is 0 Å². The van der Waals surface area contributed by atoms with Crippen LogP contribution in [0.15, 0.2) is 133 Å². The van der Waals surface area contributed by atoms with Crippen molar-refractivity contribution in [2.45, 2.75) is 94.7 Å². The van der Waals surface area contributed by atoms with Crippen LogP contribution in [-0.2, 0) is 0 Å². The van der Waals surface area contributed by atoms with Gasteiger partial charge in [0.15, 0.2) is 0 Å². The number of nitrogens with zero attached hydrogens (tertiary/aromatic N) is 2. The minimum absolute atomic E-state index is 1.20. The topological polar surface area (TPSA) is 6.48 Å². The van der Waals surface area contributed by atoms with Gasteiger partial charge in [0.2, 0.25) is 0 Å². The van der Waals surface area contributed by atoms with Crippen LogP contribution in [0.5, 0.6) is 0 Å². The number of fused-ring (bicyclic) bond motifs is 2. The molecule has 0 spiro atoms. The second-order valence-corrected chi connectivity index (χ2v) is 31.8. The van der Waals surface area contributed by atoms with E-state index in [4.69, 9.17) is 0 Å². The van der Waals surface area contributed by atoms with Crippen molar-refractivity contribution in [1.82, 2.24) is 0 Å². The van der Waals surface area contributed by atoms with Crippen LogP contribution in [0.4, 0.5) is 34.1 Å². The molecule has 0 saturated heterocycles. The Morgan fingerprint density at radius 2 is 0.636 bits per heavy atom. The van der Waals surface area contributed by atoms with Gasteiger partial charge in [-0.3, -0.25) is 0 Å². The first kappa shape index (κ1) is 43.7. The summed E-state index contributed by atoms with van der Waals surface area (Å²) in [5.74, 6) is 0. The first-order valence-corrected chi connectivity index (χ1v) is 30.8. The average Bonchev–Trinajstić information content (AvgIpc) is 3.23. The summed E-state index contributed by atoms with van der Waals surface area (Å²) in [6.45, 7) is 33.2. The molecule has 0 heterocycles. The molecule has 10 aromatic carbocycles. The molecule has 66 heavy (non-hydrogen) atoms. The van der Waals surface area contributed by atoms with Crippen molar-refractivity contribution in [3.8, 4) is 0 Å². The van der Waals surface area contributed by atoms with E-state index >= 15 is 0 Å². The summed E-state index contributed by atoms with van der Waals surface area (Å²) in [6.07, 6.45) is 0. The van der Waals surface area contributed by atoms with Gasteiger partial charge in [-0.1, -0.05) is 146 Å². The van der Waals surface area contributed by atoms with Gasteiger partial charge >= 0.3 is 0 Å². The number of hydrogen-bond acceptors (Lipinski definition) is 2. The molecule has 0 aliphatic carbocycles. The molecule has 0 saturated carbocycles. The molecule has 0 aliphatic rings. The lowest BCUT2D eigenvalue weighted by molar-refractivity contribution is 1.25. The monoisotopic (exact) mass is 892 g/mol. The molecule has 330 valence electrons. The molecule has 2 nitrogen and oxygen atoms in total. The molecule has 0 aromatic heterocycles. The van der Waals surface area contributed by atoms with Crippen molar-refractivity contribution in [3.05, 3.63) is 178 Å². The highest BCUT2D eigenvalue weighted by atomic mass is 28.3. The number of aryl methyl sites for hydroxylation is 8. The number of rotatable bonds is 8. The first-order chi connectivity index (χ1) is 31.3. The molecule has 0 bridgehead atoms. The van der Waals surface area contributed by atoms with Gasteiger partial charge in [-0.05, 0) is 170 Å². The Balaban J connectivity index is 1.42. The minimum atomic E-state index is -1.98. The minimum Gasteiger partial charge on any atom is -0.309 e. The van der Waals surface area contributed by atoms with Crippen LogP contribution in [0.1, 0.15) is 44.5 Å². The zero-order valence-electron chi connectivity index (χ0n) is 41.6. The summed E-state index contributed by atoms with van der Waals surface area (Å²) < 4.78 is 0. The van der Waals surface area contributed by atoms with Crippen molar-refractivity contribution in [2.75, 3.05) is 9.80 Å². The smallest absolute Gasteiger partial charge is 0.0785 e. The SMILES string of the molecule is Cc1cc(C)cc(N(c2c(C)ccc3ccc(C)cc23)c2cc([Si](C)(C)C)c3ccc4c(N(c5cc(C)cc(C)c5)c5c(C)ccc6ccc(C)cc56)cc([Si](C)(C)C)c5ccc2c3c45)c1.